The molecule has 1 aliphatic rings. The number of hydrogen-bond donors (Lipinski definition) is 1. The Morgan fingerprint density at radius 2 is 1.93 bits per heavy atom. The number of nitrogens with zero attached hydrogens (tertiary/aromatic N) is 3. The van der Waals surface area contributed by atoms with E-state index in [1.54, 1.807) is 49.4 Å². The number of aromatic nitrogens is 3. The highest BCUT2D eigenvalue weighted by atomic mass is 35.5. The minimum atomic E-state index is -0.590. The van der Waals surface area contributed by atoms with Crippen LogP contribution < -0.4 is 10.7 Å². The van der Waals surface area contributed by atoms with Gasteiger partial charge in [-0.3, -0.25) is 9.59 Å². The van der Waals surface area contributed by atoms with Gasteiger partial charge in [0.25, 0.3) is 5.91 Å². The number of oxazole rings is 1. The second kappa shape index (κ2) is 7.11. The third-order valence-electron chi connectivity index (χ3n) is 4.98. The predicted molar refractivity (Wildman–Crippen MR) is 114 cm³/mol. The highest BCUT2D eigenvalue weighted by Gasteiger charge is 2.29. The summed E-state index contributed by atoms with van der Waals surface area (Å²) in [7, 11) is 0. The summed E-state index contributed by atoms with van der Waals surface area (Å²) < 4.78 is 7.28. The predicted octanol–water partition coefficient (Wildman–Crippen LogP) is 4.47. The van der Waals surface area contributed by atoms with E-state index in [2.05, 4.69) is 15.4 Å². The van der Waals surface area contributed by atoms with Gasteiger partial charge in [0.1, 0.15) is 5.52 Å². The number of amides is 1. The fraction of sp³-hybridized carbons (Fsp3) is 0.182. The molecule has 2 heterocycles. The Morgan fingerprint density at radius 1 is 1.17 bits per heavy atom. The summed E-state index contributed by atoms with van der Waals surface area (Å²) >= 11 is 5.94. The minimum Gasteiger partial charge on any atom is -0.440 e. The van der Waals surface area contributed by atoms with E-state index < -0.39 is 11.3 Å². The maximum Gasteiger partial charge on any atom is 0.280 e. The van der Waals surface area contributed by atoms with Gasteiger partial charge in [-0.2, -0.15) is 5.10 Å². The highest BCUT2D eigenvalue weighted by Crippen LogP contribution is 2.40. The number of carbonyl (C=O) groups is 1. The molecule has 0 aliphatic heterocycles. The van der Waals surface area contributed by atoms with Crippen molar-refractivity contribution in [2.24, 2.45) is 0 Å². The second-order valence-electron chi connectivity index (χ2n) is 7.35. The summed E-state index contributed by atoms with van der Waals surface area (Å²) in [5.74, 6) is 0.547. The number of carbonyl (C=O) groups excluding carboxylic acids is 1. The van der Waals surface area contributed by atoms with Crippen molar-refractivity contribution >= 4 is 34.3 Å². The summed E-state index contributed by atoms with van der Waals surface area (Å²) in [6.45, 7) is 1.75. The van der Waals surface area contributed by atoms with Gasteiger partial charge in [-0.1, -0.05) is 11.6 Å². The molecule has 1 amide bonds. The molecule has 4 aromatic rings. The van der Waals surface area contributed by atoms with Crippen LogP contribution in [-0.4, -0.2) is 20.7 Å². The van der Waals surface area contributed by atoms with Gasteiger partial charge in [0.2, 0.25) is 5.43 Å². The van der Waals surface area contributed by atoms with E-state index in [-0.39, 0.29) is 5.69 Å². The standard InChI is InChI=1S/C22H17ClN4O3/c1-12-10-18(28)20(26-27(12)16-7-4-14(23)5-8-16)21(29)24-15-6-9-19-17(11-15)25-22(30-19)13-2-3-13/h4-11,13H,2-3H2,1H3,(H,24,29). The topological polar surface area (TPSA) is 90.0 Å². The molecular weight excluding hydrogens is 404 g/mol. The molecule has 7 nitrogen and oxygen atoms in total. The Morgan fingerprint density at radius 3 is 2.67 bits per heavy atom. The number of hydrogen-bond acceptors (Lipinski definition) is 5. The van der Waals surface area contributed by atoms with Crippen molar-refractivity contribution in [1.82, 2.24) is 14.8 Å². The van der Waals surface area contributed by atoms with E-state index in [1.807, 2.05) is 0 Å². The van der Waals surface area contributed by atoms with Gasteiger partial charge in [-0.25, -0.2) is 9.67 Å². The van der Waals surface area contributed by atoms with Gasteiger partial charge in [0.05, 0.1) is 5.69 Å². The average molecular weight is 421 g/mol. The molecule has 2 aromatic carbocycles. The van der Waals surface area contributed by atoms with E-state index in [9.17, 15) is 9.59 Å². The monoisotopic (exact) mass is 420 g/mol. The van der Waals surface area contributed by atoms with Gasteiger partial charge in [0, 0.05) is 28.4 Å². The molecule has 8 heteroatoms. The zero-order chi connectivity index (χ0) is 20.8. The van der Waals surface area contributed by atoms with Crippen LogP contribution in [0.3, 0.4) is 0 Å². The second-order valence-corrected chi connectivity index (χ2v) is 7.79. The normalized spacial score (nSPS) is 13.5. The van der Waals surface area contributed by atoms with E-state index in [0.717, 1.165) is 18.7 Å². The largest absolute Gasteiger partial charge is 0.440 e. The molecule has 1 fully saturated rings. The summed E-state index contributed by atoms with van der Waals surface area (Å²) in [4.78, 5) is 29.7. The Balaban J connectivity index is 1.45. The Labute approximate surface area is 176 Å². The third-order valence-corrected chi connectivity index (χ3v) is 5.23. The number of aryl methyl sites for hydroxylation is 1. The first-order valence-corrected chi connectivity index (χ1v) is 9.94. The van der Waals surface area contributed by atoms with Crippen LogP contribution >= 0.6 is 11.6 Å². The molecule has 0 radical (unpaired) electrons. The molecular formula is C22H17ClN4O3. The van der Waals surface area contributed by atoms with Gasteiger partial charge in [-0.05, 0) is 62.2 Å². The van der Waals surface area contributed by atoms with Crippen molar-refractivity contribution in [3.63, 3.8) is 0 Å². The van der Waals surface area contributed by atoms with E-state index in [4.69, 9.17) is 16.0 Å². The van der Waals surface area contributed by atoms with Crippen molar-refractivity contribution < 1.29 is 9.21 Å². The minimum absolute atomic E-state index is 0.200. The van der Waals surface area contributed by atoms with Gasteiger partial charge >= 0.3 is 0 Å². The van der Waals surface area contributed by atoms with Crippen molar-refractivity contribution in [2.75, 3.05) is 5.32 Å². The average Bonchev–Trinajstić information content (AvgIpc) is 3.48. The number of fused-ring (bicyclic) bond motifs is 1. The first kappa shape index (κ1) is 18.6. The smallest absolute Gasteiger partial charge is 0.280 e. The fourth-order valence-electron chi connectivity index (χ4n) is 3.27. The summed E-state index contributed by atoms with van der Waals surface area (Å²) in [6.07, 6.45) is 2.19. The van der Waals surface area contributed by atoms with Crippen molar-refractivity contribution in [1.29, 1.82) is 0 Å². The van der Waals surface area contributed by atoms with Crippen LogP contribution in [0.1, 0.15) is 40.8 Å². The lowest BCUT2D eigenvalue weighted by molar-refractivity contribution is 0.101. The first-order valence-electron chi connectivity index (χ1n) is 9.57. The molecule has 0 spiro atoms. The number of halogens is 1. The quantitative estimate of drug-likeness (QED) is 0.526. The highest BCUT2D eigenvalue weighted by molar-refractivity contribution is 6.30. The number of nitrogens with one attached hydrogen (secondary N) is 1. The number of anilines is 1. The number of rotatable bonds is 4. The maximum atomic E-state index is 12.8. The molecule has 2 aromatic heterocycles. The third kappa shape index (κ3) is 3.48. The van der Waals surface area contributed by atoms with Crippen LogP contribution in [0.25, 0.3) is 16.8 Å². The molecule has 1 aliphatic carbocycles. The lowest BCUT2D eigenvalue weighted by Crippen LogP contribution is -2.26. The van der Waals surface area contributed by atoms with Crippen LogP contribution in [0.2, 0.25) is 5.02 Å². The molecule has 0 atom stereocenters. The fourth-order valence-corrected chi connectivity index (χ4v) is 3.39. The molecule has 0 bridgehead atoms. The molecule has 150 valence electrons. The Kier molecular flexibility index (Phi) is 4.40. The molecule has 0 saturated heterocycles. The zero-order valence-electron chi connectivity index (χ0n) is 16.1. The van der Waals surface area contributed by atoms with Crippen LogP contribution in [0.5, 0.6) is 0 Å². The van der Waals surface area contributed by atoms with Crippen molar-refractivity contribution in [2.45, 2.75) is 25.7 Å². The molecule has 0 unspecified atom stereocenters. The summed E-state index contributed by atoms with van der Waals surface area (Å²) in [6, 6.07) is 13.6. The van der Waals surface area contributed by atoms with Crippen LogP contribution in [-0.2, 0) is 0 Å². The van der Waals surface area contributed by atoms with Crippen molar-refractivity contribution in [3.8, 4) is 5.69 Å². The summed E-state index contributed by atoms with van der Waals surface area (Å²) in [5.41, 5.74) is 2.52. The van der Waals surface area contributed by atoms with E-state index in [0.29, 0.717) is 39.1 Å². The molecule has 30 heavy (non-hydrogen) atoms. The molecule has 5 rings (SSSR count). The molecule has 1 N–H and O–H groups in total. The van der Waals surface area contributed by atoms with Crippen molar-refractivity contribution in [3.05, 3.63) is 81.1 Å². The Hall–Kier alpha value is -3.45. The summed E-state index contributed by atoms with van der Waals surface area (Å²) in [5, 5.41) is 7.60. The SMILES string of the molecule is Cc1cc(=O)c(C(=O)Nc2ccc3oc(C4CC4)nc3c2)nn1-c1ccc(Cl)cc1. The van der Waals surface area contributed by atoms with E-state index >= 15 is 0 Å². The lowest BCUT2D eigenvalue weighted by atomic mass is 10.2. The van der Waals surface area contributed by atoms with Gasteiger partial charge in [-0.15, -0.1) is 0 Å². The van der Waals surface area contributed by atoms with Crippen LogP contribution in [0, 0.1) is 6.92 Å². The van der Waals surface area contributed by atoms with Crippen LogP contribution in [0.4, 0.5) is 5.69 Å². The first-order chi connectivity index (χ1) is 14.5. The Bertz CT molecular complexity index is 1340. The maximum absolute atomic E-state index is 12.8. The van der Waals surface area contributed by atoms with Crippen LogP contribution in [0.15, 0.2) is 57.7 Å². The molecule has 1 saturated carbocycles. The zero-order valence-corrected chi connectivity index (χ0v) is 16.8. The number of benzene rings is 2. The van der Waals surface area contributed by atoms with Gasteiger partial charge in [0.15, 0.2) is 17.2 Å². The van der Waals surface area contributed by atoms with E-state index in [1.165, 1.54) is 10.7 Å². The van der Waals surface area contributed by atoms with Gasteiger partial charge < -0.3 is 9.73 Å². The lowest BCUT2D eigenvalue weighted by Gasteiger charge is -2.11.